The van der Waals surface area contributed by atoms with Gasteiger partial charge in [0.25, 0.3) is 5.91 Å². The van der Waals surface area contributed by atoms with Crippen LogP contribution in [0.4, 0.5) is 4.79 Å². The summed E-state index contributed by atoms with van der Waals surface area (Å²) >= 11 is 0. The summed E-state index contributed by atoms with van der Waals surface area (Å²) < 4.78 is 0. The lowest BCUT2D eigenvalue weighted by Crippen LogP contribution is -2.49. The summed E-state index contributed by atoms with van der Waals surface area (Å²) in [6, 6.07) is -0.487. The van der Waals surface area contributed by atoms with E-state index in [1.807, 2.05) is 13.0 Å². The molecule has 0 radical (unpaired) electrons. The first-order chi connectivity index (χ1) is 8.57. The number of rotatable bonds is 2. The van der Waals surface area contributed by atoms with Gasteiger partial charge in [0.1, 0.15) is 5.54 Å². The van der Waals surface area contributed by atoms with Gasteiger partial charge >= 0.3 is 6.03 Å². The molecule has 96 valence electrons. The Morgan fingerprint density at radius 2 is 2.17 bits per heavy atom. The third-order valence-electron chi connectivity index (χ3n) is 3.14. The second-order valence-electron chi connectivity index (χ2n) is 4.39. The van der Waals surface area contributed by atoms with Crippen molar-refractivity contribution < 1.29 is 14.4 Å². The molecule has 0 aromatic rings. The van der Waals surface area contributed by atoms with E-state index in [4.69, 9.17) is 0 Å². The van der Waals surface area contributed by atoms with Crippen molar-refractivity contribution in [2.45, 2.75) is 18.9 Å². The van der Waals surface area contributed by atoms with Gasteiger partial charge in [-0.3, -0.25) is 14.9 Å². The van der Waals surface area contributed by atoms with E-state index in [0.717, 1.165) is 0 Å². The van der Waals surface area contributed by atoms with Crippen LogP contribution in [0.25, 0.3) is 0 Å². The van der Waals surface area contributed by atoms with Crippen molar-refractivity contribution in [1.82, 2.24) is 15.5 Å². The second-order valence-corrected chi connectivity index (χ2v) is 4.39. The Bertz CT molecular complexity index is 455. The molecule has 0 aromatic heterocycles. The van der Waals surface area contributed by atoms with Gasteiger partial charge in [0.2, 0.25) is 5.91 Å². The van der Waals surface area contributed by atoms with Gasteiger partial charge in [0.05, 0.1) is 6.54 Å². The number of urea groups is 1. The molecule has 2 N–H and O–H groups in total. The highest BCUT2D eigenvalue weighted by Crippen LogP contribution is 2.24. The van der Waals surface area contributed by atoms with Gasteiger partial charge in [-0.2, -0.15) is 0 Å². The quantitative estimate of drug-likeness (QED) is 0.408. The number of carbonyl (C=O) groups is 3. The van der Waals surface area contributed by atoms with Crippen molar-refractivity contribution in [1.29, 1.82) is 0 Å². The molecule has 2 saturated heterocycles. The molecule has 0 saturated carbocycles. The molecule has 1 atom stereocenters. The Labute approximate surface area is 105 Å². The van der Waals surface area contributed by atoms with E-state index in [1.165, 1.54) is 6.08 Å². The van der Waals surface area contributed by atoms with E-state index in [-0.39, 0.29) is 18.4 Å². The first kappa shape index (κ1) is 12.3. The van der Waals surface area contributed by atoms with E-state index in [1.54, 1.807) is 17.1 Å². The average molecular weight is 249 g/mol. The number of imide groups is 1. The summed E-state index contributed by atoms with van der Waals surface area (Å²) in [6.07, 6.45) is 7.13. The molecule has 1 spiro atoms. The van der Waals surface area contributed by atoms with Gasteiger partial charge in [-0.1, -0.05) is 18.2 Å². The van der Waals surface area contributed by atoms with E-state index in [2.05, 4.69) is 10.6 Å². The standard InChI is InChI=1S/C12H15N3O3/c1-2-3-4-5-9(16)15-7-6-12(8-15)10(17)13-11(18)14-12/h2-5H,6-8H2,1H3,(H2,13,14,17,18). The molecule has 0 aliphatic carbocycles. The zero-order valence-corrected chi connectivity index (χ0v) is 10.1. The third-order valence-corrected chi connectivity index (χ3v) is 3.14. The molecule has 6 heteroatoms. The normalized spacial score (nSPS) is 27.5. The van der Waals surface area contributed by atoms with Crippen LogP contribution in [0, 0.1) is 0 Å². The molecule has 18 heavy (non-hydrogen) atoms. The summed E-state index contributed by atoms with van der Waals surface area (Å²) in [5, 5.41) is 4.80. The van der Waals surface area contributed by atoms with E-state index in [9.17, 15) is 14.4 Å². The highest BCUT2D eigenvalue weighted by atomic mass is 16.2. The molecule has 0 aromatic carbocycles. The van der Waals surface area contributed by atoms with E-state index in [0.29, 0.717) is 13.0 Å². The van der Waals surface area contributed by atoms with Gasteiger partial charge in [0.15, 0.2) is 0 Å². The van der Waals surface area contributed by atoms with Crippen LogP contribution in [0.2, 0.25) is 0 Å². The van der Waals surface area contributed by atoms with Gasteiger partial charge in [-0.05, 0) is 13.3 Å². The van der Waals surface area contributed by atoms with Gasteiger partial charge in [0, 0.05) is 12.6 Å². The maximum absolute atomic E-state index is 11.8. The minimum absolute atomic E-state index is 0.154. The van der Waals surface area contributed by atoms with Crippen LogP contribution in [0.3, 0.4) is 0 Å². The number of likely N-dealkylation sites (tertiary alicyclic amines) is 1. The number of allylic oxidation sites excluding steroid dienone is 3. The van der Waals surface area contributed by atoms with Crippen molar-refractivity contribution in [2.24, 2.45) is 0 Å². The lowest BCUT2D eigenvalue weighted by Gasteiger charge is -2.20. The second kappa shape index (κ2) is 4.64. The molecule has 2 heterocycles. The van der Waals surface area contributed by atoms with Crippen LogP contribution < -0.4 is 10.6 Å². The summed E-state index contributed by atoms with van der Waals surface area (Å²) in [6.45, 7) is 2.55. The summed E-state index contributed by atoms with van der Waals surface area (Å²) in [7, 11) is 0. The Morgan fingerprint density at radius 1 is 1.39 bits per heavy atom. The van der Waals surface area contributed by atoms with Crippen LogP contribution >= 0.6 is 0 Å². The maximum Gasteiger partial charge on any atom is 0.322 e. The molecule has 6 nitrogen and oxygen atoms in total. The molecular weight excluding hydrogens is 234 g/mol. The van der Waals surface area contributed by atoms with Gasteiger partial charge in [-0.15, -0.1) is 0 Å². The Hall–Kier alpha value is -2.11. The lowest BCUT2D eigenvalue weighted by atomic mass is 10.00. The smallest absolute Gasteiger partial charge is 0.322 e. The van der Waals surface area contributed by atoms with Crippen molar-refractivity contribution in [3.63, 3.8) is 0 Å². The molecule has 2 aliphatic heterocycles. The van der Waals surface area contributed by atoms with Crippen LogP contribution in [-0.4, -0.2) is 41.4 Å². The summed E-state index contributed by atoms with van der Waals surface area (Å²) in [5.41, 5.74) is -0.929. The fourth-order valence-corrected chi connectivity index (χ4v) is 2.17. The fraction of sp³-hybridized carbons (Fsp3) is 0.417. The number of nitrogens with zero attached hydrogens (tertiary/aromatic N) is 1. The van der Waals surface area contributed by atoms with Crippen LogP contribution in [-0.2, 0) is 9.59 Å². The Kier molecular flexibility index (Phi) is 3.18. The topological polar surface area (TPSA) is 78.5 Å². The largest absolute Gasteiger partial charge is 0.336 e. The minimum Gasteiger partial charge on any atom is -0.336 e. The van der Waals surface area contributed by atoms with Crippen molar-refractivity contribution >= 4 is 17.8 Å². The number of amides is 4. The molecule has 1 unspecified atom stereocenters. The molecule has 2 fully saturated rings. The van der Waals surface area contributed by atoms with Crippen LogP contribution in [0.15, 0.2) is 24.3 Å². The van der Waals surface area contributed by atoms with Crippen molar-refractivity contribution in [3.05, 3.63) is 24.3 Å². The number of hydrogen-bond acceptors (Lipinski definition) is 3. The highest BCUT2D eigenvalue weighted by Gasteiger charge is 2.51. The molecular formula is C12H15N3O3. The number of nitrogens with one attached hydrogen (secondary N) is 2. The monoisotopic (exact) mass is 249 g/mol. The average Bonchev–Trinajstić information content (AvgIpc) is 2.85. The lowest BCUT2D eigenvalue weighted by molar-refractivity contribution is -0.126. The predicted octanol–water partition coefficient (Wildman–Crippen LogP) is -0.0708. The zero-order valence-electron chi connectivity index (χ0n) is 10.1. The summed E-state index contributed by atoms with van der Waals surface area (Å²) in [5.74, 6) is -0.501. The summed E-state index contributed by atoms with van der Waals surface area (Å²) in [4.78, 5) is 36.2. The third kappa shape index (κ3) is 2.13. The molecule has 4 amide bonds. The van der Waals surface area contributed by atoms with Crippen LogP contribution in [0.5, 0.6) is 0 Å². The number of carbonyl (C=O) groups excluding carboxylic acids is 3. The van der Waals surface area contributed by atoms with E-state index >= 15 is 0 Å². The van der Waals surface area contributed by atoms with Gasteiger partial charge < -0.3 is 10.2 Å². The Morgan fingerprint density at radius 3 is 2.78 bits per heavy atom. The first-order valence-electron chi connectivity index (χ1n) is 5.79. The highest BCUT2D eigenvalue weighted by molar-refractivity contribution is 6.07. The van der Waals surface area contributed by atoms with Gasteiger partial charge in [-0.25, -0.2) is 4.79 Å². The van der Waals surface area contributed by atoms with E-state index < -0.39 is 11.6 Å². The maximum atomic E-state index is 11.8. The van der Waals surface area contributed by atoms with Crippen LogP contribution in [0.1, 0.15) is 13.3 Å². The van der Waals surface area contributed by atoms with Crippen molar-refractivity contribution in [3.8, 4) is 0 Å². The SMILES string of the molecule is CC=CC=CC(=O)N1CCC2(C1)NC(=O)NC2=O. The Balaban J connectivity index is 2.02. The first-order valence-corrected chi connectivity index (χ1v) is 5.79. The van der Waals surface area contributed by atoms with Crippen molar-refractivity contribution in [2.75, 3.05) is 13.1 Å². The molecule has 2 aliphatic rings. The minimum atomic E-state index is -0.929. The molecule has 2 rings (SSSR count). The molecule has 0 bridgehead atoms. The predicted molar refractivity (Wildman–Crippen MR) is 64.6 cm³/mol. The fourth-order valence-electron chi connectivity index (χ4n) is 2.17. The number of hydrogen-bond donors (Lipinski definition) is 2. The zero-order chi connectivity index (χ0) is 13.2.